The van der Waals surface area contributed by atoms with Gasteiger partial charge in [0.2, 0.25) is 5.91 Å². The predicted molar refractivity (Wildman–Crippen MR) is 77.5 cm³/mol. The largest absolute Gasteiger partial charge is 0.399 e. The third-order valence-electron chi connectivity index (χ3n) is 2.95. The molecule has 3 nitrogen and oxygen atoms in total. The number of nitrogens with one attached hydrogen (secondary N) is 1. The zero-order chi connectivity index (χ0) is 13.2. The van der Waals surface area contributed by atoms with Crippen LogP contribution in [-0.2, 0) is 4.79 Å². The summed E-state index contributed by atoms with van der Waals surface area (Å²) in [5.74, 6) is 0.0928. The number of amides is 1. The van der Waals surface area contributed by atoms with Crippen molar-refractivity contribution in [3.8, 4) is 0 Å². The molecule has 1 rings (SSSR count). The molecule has 100 valence electrons. The molecule has 0 unspecified atom stereocenters. The summed E-state index contributed by atoms with van der Waals surface area (Å²) in [4.78, 5) is 11.6. The molecule has 1 amide bonds. The topological polar surface area (TPSA) is 55.1 Å². The minimum atomic E-state index is 0.0928. The van der Waals surface area contributed by atoms with Crippen LogP contribution in [0, 0.1) is 0 Å². The van der Waals surface area contributed by atoms with Crippen LogP contribution in [0.15, 0.2) is 24.3 Å². The second-order valence-electron chi connectivity index (χ2n) is 4.69. The van der Waals surface area contributed by atoms with Crippen molar-refractivity contribution in [1.82, 2.24) is 0 Å². The van der Waals surface area contributed by atoms with Crippen molar-refractivity contribution in [3.63, 3.8) is 0 Å². The van der Waals surface area contributed by atoms with Crippen molar-refractivity contribution in [2.75, 3.05) is 11.1 Å². The lowest BCUT2D eigenvalue weighted by molar-refractivity contribution is -0.116. The Morgan fingerprint density at radius 2 is 1.67 bits per heavy atom. The first-order valence-electron chi connectivity index (χ1n) is 6.87. The van der Waals surface area contributed by atoms with Crippen LogP contribution in [0.2, 0.25) is 0 Å². The van der Waals surface area contributed by atoms with Gasteiger partial charge in [-0.2, -0.15) is 0 Å². The number of unbranched alkanes of at least 4 members (excludes halogenated alkanes) is 5. The molecule has 3 heteroatoms. The van der Waals surface area contributed by atoms with Crippen LogP contribution in [0.4, 0.5) is 11.4 Å². The Morgan fingerprint density at radius 1 is 1.06 bits per heavy atom. The summed E-state index contributed by atoms with van der Waals surface area (Å²) < 4.78 is 0. The van der Waals surface area contributed by atoms with Gasteiger partial charge in [0.1, 0.15) is 0 Å². The van der Waals surface area contributed by atoms with Crippen LogP contribution < -0.4 is 11.1 Å². The highest BCUT2D eigenvalue weighted by Crippen LogP contribution is 2.12. The van der Waals surface area contributed by atoms with Crippen molar-refractivity contribution in [3.05, 3.63) is 24.3 Å². The number of benzene rings is 1. The Balaban J connectivity index is 2.12. The first-order chi connectivity index (χ1) is 8.72. The monoisotopic (exact) mass is 248 g/mol. The molecule has 18 heavy (non-hydrogen) atoms. The Hall–Kier alpha value is -1.51. The zero-order valence-electron chi connectivity index (χ0n) is 11.2. The number of nitrogen functional groups attached to an aromatic ring is 1. The van der Waals surface area contributed by atoms with E-state index in [1.54, 1.807) is 12.1 Å². The normalized spacial score (nSPS) is 10.3. The van der Waals surface area contributed by atoms with Crippen molar-refractivity contribution in [2.45, 2.75) is 51.9 Å². The minimum absolute atomic E-state index is 0.0928. The number of carbonyl (C=O) groups is 1. The second kappa shape index (κ2) is 8.56. The molecule has 1 aromatic carbocycles. The molecule has 0 spiro atoms. The quantitative estimate of drug-likeness (QED) is 0.540. The van der Waals surface area contributed by atoms with Gasteiger partial charge in [0.15, 0.2) is 0 Å². The fourth-order valence-corrected chi connectivity index (χ4v) is 1.86. The van der Waals surface area contributed by atoms with Gasteiger partial charge in [0.05, 0.1) is 0 Å². The number of nitrogens with two attached hydrogens (primary N) is 1. The Labute approximate surface area is 110 Å². The summed E-state index contributed by atoms with van der Waals surface area (Å²) in [6.07, 6.45) is 7.82. The summed E-state index contributed by atoms with van der Waals surface area (Å²) in [6.45, 7) is 2.21. The fourth-order valence-electron chi connectivity index (χ4n) is 1.86. The van der Waals surface area contributed by atoms with Crippen molar-refractivity contribution in [1.29, 1.82) is 0 Å². The summed E-state index contributed by atoms with van der Waals surface area (Å²) in [5.41, 5.74) is 7.11. The molecule has 0 bridgehead atoms. The third kappa shape index (κ3) is 6.28. The number of rotatable bonds is 8. The van der Waals surface area contributed by atoms with Gasteiger partial charge in [0, 0.05) is 17.8 Å². The summed E-state index contributed by atoms with van der Waals surface area (Å²) in [5, 5.41) is 2.88. The minimum Gasteiger partial charge on any atom is -0.399 e. The standard InChI is InChI=1S/C15H24N2O/c1-2-3-4-5-6-7-8-15(18)17-14-11-9-13(16)10-12-14/h9-12H,2-8,16H2,1H3,(H,17,18). The maximum Gasteiger partial charge on any atom is 0.224 e. The smallest absolute Gasteiger partial charge is 0.224 e. The third-order valence-corrected chi connectivity index (χ3v) is 2.95. The maximum atomic E-state index is 11.6. The molecule has 0 aliphatic heterocycles. The maximum absolute atomic E-state index is 11.6. The van der Waals surface area contributed by atoms with Crippen molar-refractivity contribution >= 4 is 17.3 Å². The van der Waals surface area contributed by atoms with Gasteiger partial charge < -0.3 is 11.1 Å². The fraction of sp³-hybridized carbons (Fsp3) is 0.533. The van der Waals surface area contributed by atoms with Gasteiger partial charge in [-0.15, -0.1) is 0 Å². The molecule has 0 aliphatic rings. The van der Waals surface area contributed by atoms with Crippen molar-refractivity contribution in [2.24, 2.45) is 0 Å². The van der Waals surface area contributed by atoms with Crippen LogP contribution in [0.25, 0.3) is 0 Å². The summed E-state index contributed by atoms with van der Waals surface area (Å²) in [7, 11) is 0. The molecule has 0 radical (unpaired) electrons. The lowest BCUT2D eigenvalue weighted by Crippen LogP contribution is -2.10. The Bertz CT molecular complexity index is 346. The molecule has 0 saturated carbocycles. The highest BCUT2D eigenvalue weighted by molar-refractivity contribution is 5.90. The predicted octanol–water partition coefficient (Wildman–Crippen LogP) is 3.96. The second-order valence-corrected chi connectivity index (χ2v) is 4.69. The molecule has 0 aliphatic carbocycles. The van der Waals surface area contributed by atoms with E-state index >= 15 is 0 Å². The van der Waals surface area contributed by atoms with E-state index < -0.39 is 0 Å². The molecule has 0 heterocycles. The first kappa shape index (κ1) is 14.6. The van der Waals surface area contributed by atoms with Crippen LogP contribution >= 0.6 is 0 Å². The summed E-state index contributed by atoms with van der Waals surface area (Å²) in [6, 6.07) is 7.24. The average Bonchev–Trinajstić information content (AvgIpc) is 2.36. The average molecular weight is 248 g/mol. The van der Waals surface area contributed by atoms with Crippen LogP contribution in [0.1, 0.15) is 51.9 Å². The lowest BCUT2D eigenvalue weighted by Gasteiger charge is -2.05. The van der Waals surface area contributed by atoms with E-state index in [1.165, 1.54) is 25.7 Å². The molecule has 0 atom stereocenters. The SMILES string of the molecule is CCCCCCCCC(=O)Nc1ccc(N)cc1. The van der Waals surface area contributed by atoms with Crippen molar-refractivity contribution < 1.29 is 4.79 Å². The Kier molecular flexibility index (Phi) is 6.92. The van der Waals surface area contributed by atoms with Gasteiger partial charge in [0.25, 0.3) is 0 Å². The van der Waals surface area contributed by atoms with Gasteiger partial charge in [-0.05, 0) is 30.7 Å². The molecular weight excluding hydrogens is 224 g/mol. The van der Waals surface area contributed by atoms with Gasteiger partial charge in [-0.3, -0.25) is 4.79 Å². The highest BCUT2D eigenvalue weighted by atomic mass is 16.1. The van der Waals surface area contributed by atoms with E-state index in [2.05, 4.69) is 12.2 Å². The van der Waals surface area contributed by atoms with Crippen LogP contribution in [0.5, 0.6) is 0 Å². The number of anilines is 2. The zero-order valence-corrected chi connectivity index (χ0v) is 11.2. The number of hydrogen-bond donors (Lipinski definition) is 2. The summed E-state index contributed by atoms with van der Waals surface area (Å²) >= 11 is 0. The van der Waals surface area contributed by atoms with Gasteiger partial charge in [-0.25, -0.2) is 0 Å². The molecule has 0 aromatic heterocycles. The van der Waals surface area contributed by atoms with E-state index in [0.717, 1.165) is 18.5 Å². The molecular formula is C15H24N2O. The van der Waals surface area contributed by atoms with E-state index in [-0.39, 0.29) is 5.91 Å². The number of hydrogen-bond acceptors (Lipinski definition) is 2. The molecule has 1 aromatic rings. The van der Waals surface area contributed by atoms with E-state index in [0.29, 0.717) is 12.1 Å². The molecule has 0 fully saturated rings. The van der Waals surface area contributed by atoms with Crippen LogP contribution in [0.3, 0.4) is 0 Å². The van der Waals surface area contributed by atoms with E-state index in [9.17, 15) is 4.79 Å². The first-order valence-corrected chi connectivity index (χ1v) is 6.87. The Morgan fingerprint density at radius 3 is 2.33 bits per heavy atom. The highest BCUT2D eigenvalue weighted by Gasteiger charge is 2.01. The molecule has 3 N–H and O–H groups in total. The molecule has 0 saturated heterocycles. The lowest BCUT2D eigenvalue weighted by atomic mass is 10.1. The van der Waals surface area contributed by atoms with E-state index in [1.807, 2.05) is 12.1 Å². The van der Waals surface area contributed by atoms with Crippen LogP contribution in [-0.4, -0.2) is 5.91 Å². The number of carbonyl (C=O) groups excluding carboxylic acids is 1. The van der Waals surface area contributed by atoms with Gasteiger partial charge >= 0.3 is 0 Å². The van der Waals surface area contributed by atoms with Gasteiger partial charge in [-0.1, -0.05) is 39.0 Å². The van der Waals surface area contributed by atoms with E-state index in [4.69, 9.17) is 5.73 Å².